The zero-order valence-corrected chi connectivity index (χ0v) is 18.6. The zero-order chi connectivity index (χ0) is 22.9. The van der Waals surface area contributed by atoms with Gasteiger partial charge in [-0.15, -0.1) is 0 Å². The number of ether oxygens (including phenoxy) is 1. The van der Waals surface area contributed by atoms with E-state index in [9.17, 15) is 4.79 Å². The van der Waals surface area contributed by atoms with Gasteiger partial charge in [0.25, 0.3) is 0 Å². The second-order valence-electron chi connectivity index (χ2n) is 8.84. The highest BCUT2D eigenvalue weighted by atomic mass is 16.6. The van der Waals surface area contributed by atoms with Crippen LogP contribution in [-0.4, -0.2) is 43.0 Å². The predicted octanol–water partition coefficient (Wildman–Crippen LogP) is 4.82. The Morgan fingerprint density at radius 3 is 2.68 bits per heavy atom. The minimum atomic E-state index is -0.396. The third-order valence-electron chi connectivity index (χ3n) is 6.12. The van der Waals surface area contributed by atoms with E-state index in [0.29, 0.717) is 12.6 Å². The van der Waals surface area contributed by atoms with Gasteiger partial charge in [-0.1, -0.05) is 24.3 Å². The van der Waals surface area contributed by atoms with E-state index in [1.165, 1.54) is 25.2 Å². The Hall–Kier alpha value is -4.07. The number of fused-ring (bicyclic) bond motifs is 1. The average Bonchev–Trinajstić information content (AvgIpc) is 3.79. The molecule has 2 aliphatic carbocycles. The van der Waals surface area contributed by atoms with Crippen LogP contribution in [0.1, 0.15) is 31.2 Å². The lowest BCUT2D eigenvalue weighted by Crippen LogP contribution is -2.35. The van der Waals surface area contributed by atoms with Gasteiger partial charge in [-0.05, 0) is 60.6 Å². The molecule has 8 nitrogen and oxygen atoms in total. The molecule has 2 saturated carbocycles. The summed E-state index contributed by atoms with van der Waals surface area (Å²) < 4.78 is 5.46. The molecule has 2 heterocycles. The molecule has 1 N–H and O–H groups in total. The number of hydrogen-bond donors (Lipinski definition) is 1. The van der Waals surface area contributed by atoms with Crippen LogP contribution in [-0.2, 0) is 6.54 Å². The average molecular weight is 453 g/mol. The third kappa shape index (κ3) is 4.52. The van der Waals surface area contributed by atoms with Gasteiger partial charge in [-0.25, -0.2) is 19.7 Å². The molecular formula is C26H24N6O2. The third-order valence-corrected chi connectivity index (χ3v) is 6.12. The van der Waals surface area contributed by atoms with Gasteiger partial charge in [-0.2, -0.15) is 0 Å². The molecule has 2 aromatic heterocycles. The maximum absolute atomic E-state index is 12.8. The lowest BCUT2D eigenvalue weighted by Gasteiger charge is -2.21. The number of anilines is 1. The second-order valence-corrected chi connectivity index (χ2v) is 8.84. The number of benzene rings is 2. The van der Waals surface area contributed by atoms with Crippen molar-refractivity contribution in [2.75, 3.05) is 5.32 Å². The van der Waals surface area contributed by atoms with Crippen molar-refractivity contribution in [2.24, 2.45) is 0 Å². The SMILES string of the molecule is O=C(Oc1cnccn1)N(Cc1cccc(-c2ccc3ncnc(NC4CC4)c3c2)c1)C1CC1. The van der Waals surface area contributed by atoms with Gasteiger partial charge in [0.15, 0.2) is 0 Å². The number of carbonyl (C=O) groups excluding carboxylic acids is 1. The number of aromatic nitrogens is 4. The van der Waals surface area contributed by atoms with Crippen LogP contribution < -0.4 is 10.1 Å². The smallest absolute Gasteiger partial charge is 0.389 e. The fourth-order valence-electron chi connectivity index (χ4n) is 4.03. The Kier molecular flexibility index (Phi) is 5.25. The molecule has 6 rings (SSSR count). The zero-order valence-electron chi connectivity index (χ0n) is 18.6. The first-order valence-electron chi connectivity index (χ1n) is 11.6. The van der Waals surface area contributed by atoms with E-state index in [0.717, 1.165) is 46.3 Å². The number of amides is 1. The molecule has 2 aliphatic rings. The molecule has 170 valence electrons. The van der Waals surface area contributed by atoms with E-state index in [1.807, 2.05) is 18.2 Å². The lowest BCUT2D eigenvalue weighted by atomic mass is 10.0. The molecule has 8 heteroatoms. The molecule has 2 aromatic carbocycles. The maximum atomic E-state index is 12.8. The molecule has 1 amide bonds. The molecule has 0 atom stereocenters. The van der Waals surface area contributed by atoms with Gasteiger partial charge in [0.1, 0.15) is 12.1 Å². The molecule has 0 bridgehead atoms. The maximum Gasteiger partial charge on any atom is 0.417 e. The quantitative estimate of drug-likeness (QED) is 0.429. The number of nitrogens with one attached hydrogen (secondary N) is 1. The number of nitrogens with zero attached hydrogens (tertiary/aromatic N) is 5. The van der Waals surface area contributed by atoms with Gasteiger partial charge in [0, 0.05) is 36.4 Å². The van der Waals surface area contributed by atoms with Crippen LogP contribution in [0.4, 0.5) is 10.6 Å². The molecule has 0 unspecified atom stereocenters. The van der Waals surface area contributed by atoms with Crippen molar-refractivity contribution in [3.63, 3.8) is 0 Å². The number of rotatable bonds is 7. The van der Waals surface area contributed by atoms with Crippen LogP contribution in [0.25, 0.3) is 22.0 Å². The van der Waals surface area contributed by atoms with Gasteiger partial charge in [0.05, 0.1) is 11.7 Å². The molecule has 0 radical (unpaired) electrons. The van der Waals surface area contributed by atoms with Crippen molar-refractivity contribution in [1.82, 2.24) is 24.8 Å². The Morgan fingerprint density at radius 1 is 1.00 bits per heavy atom. The minimum absolute atomic E-state index is 0.196. The summed E-state index contributed by atoms with van der Waals surface area (Å²) in [6, 6.07) is 15.2. The summed E-state index contributed by atoms with van der Waals surface area (Å²) in [6.07, 6.45) is 10.0. The van der Waals surface area contributed by atoms with E-state index in [4.69, 9.17) is 4.74 Å². The highest BCUT2D eigenvalue weighted by Gasteiger charge is 2.34. The molecule has 34 heavy (non-hydrogen) atoms. The van der Waals surface area contributed by atoms with Crippen molar-refractivity contribution < 1.29 is 9.53 Å². The summed E-state index contributed by atoms with van der Waals surface area (Å²) in [5, 5.41) is 4.53. The highest BCUT2D eigenvalue weighted by Crippen LogP contribution is 2.32. The Balaban J connectivity index is 1.25. The molecule has 2 fully saturated rings. The van der Waals surface area contributed by atoms with Crippen LogP contribution in [0.15, 0.2) is 67.4 Å². The molecule has 4 aromatic rings. The van der Waals surface area contributed by atoms with Gasteiger partial charge >= 0.3 is 6.09 Å². The van der Waals surface area contributed by atoms with Crippen LogP contribution in [0.2, 0.25) is 0 Å². The number of hydrogen-bond acceptors (Lipinski definition) is 7. The van der Waals surface area contributed by atoms with E-state index < -0.39 is 6.09 Å². The van der Waals surface area contributed by atoms with Crippen molar-refractivity contribution in [2.45, 2.75) is 44.3 Å². The molecular weight excluding hydrogens is 428 g/mol. The fraction of sp³-hybridized carbons (Fsp3) is 0.269. The van der Waals surface area contributed by atoms with E-state index in [1.54, 1.807) is 17.4 Å². The second kappa shape index (κ2) is 8.70. The largest absolute Gasteiger partial charge is 0.417 e. The van der Waals surface area contributed by atoms with E-state index in [2.05, 4.69) is 49.5 Å². The summed E-state index contributed by atoms with van der Waals surface area (Å²) in [7, 11) is 0. The summed E-state index contributed by atoms with van der Waals surface area (Å²) >= 11 is 0. The monoisotopic (exact) mass is 452 g/mol. The fourth-order valence-corrected chi connectivity index (χ4v) is 4.03. The van der Waals surface area contributed by atoms with E-state index in [-0.39, 0.29) is 11.9 Å². The van der Waals surface area contributed by atoms with Crippen molar-refractivity contribution >= 4 is 22.8 Å². The van der Waals surface area contributed by atoms with Gasteiger partial charge in [0.2, 0.25) is 5.88 Å². The molecule has 0 saturated heterocycles. The van der Waals surface area contributed by atoms with Crippen LogP contribution in [0.3, 0.4) is 0 Å². The Bertz CT molecular complexity index is 1340. The lowest BCUT2D eigenvalue weighted by molar-refractivity contribution is 0.144. The van der Waals surface area contributed by atoms with Crippen molar-refractivity contribution in [1.29, 1.82) is 0 Å². The minimum Gasteiger partial charge on any atom is -0.389 e. The molecule has 0 spiro atoms. The first kappa shape index (κ1) is 20.5. The standard InChI is InChI=1S/C26H24N6O2/c33-26(34-24-14-27-10-11-28-24)32(21-7-8-21)15-17-2-1-3-18(12-17)19-4-9-23-22(13-19)25(30-16-29-23)31-20-5-6-20/h1-4,9-14,16,20-21H,5-8,15H2,(H,29,30,31). The number of carbonyl (C=O) groups is 1. The van der Waals surface area contributed by atoms with Crippen LogP contribution in [0, 0.1) is 0 Å². The first-order chi connectivity index (χ1) is 16.7. The summed E-state index contributed by atoms with van der Waals surface area (Å²) in [5.74, 6) is 1.10. The highest BCUT2D eigenvalue weighted by molar-refractivity contribution is 5.92. The summed E-state index contributed by atoms with van der Waals surface area (Å²) in [6.45, 7) is 0.475. The van der Waals surface area contributed by atoms with Crippen LogP contribution in [0.5, 0.6) is 5.88 Å². The summed E-state index contributed by atoms with van der Waals surface area (Å²) in [5.41, 5.74) is 4.13. The van der Waals surface area contributed by atoms with Gasteiger partial charge < -0.3 is 15.0 Å². The Labute approximate surface area is 197 Å². The summed E-state index contributed by atoms with van der Waals surface area (Å²) in [4.78, 5) is 31.5. The predicted molar refractivity (Wildman–Crippen MR) is 128 cm³/mol. The molecule has 0 aliphatic heterocycles. The van der Waals surface area contributed by atoms with Crippen LogP contribution >= 0.6 is 0 Å². The normalized spacial score (nSPS) is 15.2. The Morgan fingerprint density at radius 2 is 1.88 bits per heavy atom. The first-order valence-corrected chi connectivity index (χ1v) is 11.6. The van der Waals surface area contributed by atoms with Crippen molar-refractivity contribution in [3.8, 4) is 17.0 Å². The van der Waals surface area contributed by atoms with Gasteiger partial charge in [-0.3, -0.25) is 4.98 Å². The topological polar surface area (TPSA) is 93.1 Å². The van der Waals surface area contributed by atoms with Crippen molar-refractivity contribution in [3.05, 3.63) is 72.9 Å². The van der Waals surface area contributed by atoms with E-state index >= 15 is 0 Å².